The van der Waals surface area contributed by atoms with E-state index in [0.29, 0.717) is 5.41 Å². The molecule has 2 heteroatoms. The highest BCUT2D eigenvalue weighted by molar-refractivity contribution is 5.40. The van der Waals surface area contributed by atoms with E-state index in [9.17, 15) is 0 Å². The van der Waals surface area contributed by atoms with Crippen molar-refractivity contribution in [3.63, 3.8) is 0 Å². The molecule has 1 rings (SSSR count). The van der Waals surface area contributed by atoms with Crippen LogP contribution in [0, 0.1) is 5.41 Å². The molecule has 0 heterocycles. The molecule has 0 aliphatic carbocycles. The molecule has 120 valence electrons. The molecule has 0 saturated carbocycles. The van der Waals surface area contributed by atoms with E-state index >= 15 is 0 Å². The van der Waals surface area contributed by atoms with Crippen LogP contribution in [0.2, 0.25) is 0 Å². The Balaban J connectivity index is 3.12. The zero-order chi connectivity index (χ0) is 16.3. The number of nitrogens with two attached hydrogens (primary N) is 1. The number of hydrogen-bond donors (Lipinski definition) is 1. The van der Waals surface area contributed by atoms with Gasteiger partial charge in [-0.15, -0.1) is 0 Å². The zero-order valence-electron chi connectivity index (χ0n) is 14.9. The van der Waals surface area contributed by atoms with Gasteiger partial charge in [-0.2, -0.15) is 0 Å². The zero-order valence-corrected chi connectivity index (χ0v) is 14.9. The number of benzene rings is 1. The molecule has 0 bridgehead atoms. The van der Waals surface area contributed by atoms with E-state index in [2.05, 4.69) is 59.7 Å². The van der Waals surface area contributed by atoms with Crippen molar-refractivity contribution in [1.29, 1.82) is 0 Å². The van der Waals surface area contributed by atoms with Gasteiger partial charge in [-0.25, -0.2) is 0 Å². The van der Waals surface area contributed by atoms with Crippen LogP contribution in [0.3, 0.4) is 0 Å². The van der Waals surface area contributed by atoms with Crippen molar-refractivity contribution >= 4 is 0 Å². The van der Waals surface area contributed by atoms with Gasteiger partial charge >= 0.3 is 0 Å². The predicted octanol–water partition coefficient (Wildman–Crippen LogP) is 4.69. The minimum absolute atomic E-state index is 0.148. The number of hydrogen-bond acceptors (Lipinski definition) is 2. The lowest BCUT2D eigenvalue weighted by Gasteiger charge is -2.33. The van der Waals surface area contributed by atoms with Crippen LogP contribution in [-0.2, 0) is 11.8 Å². The average Bonchev–Trinajstić information content (AvgIpc) is 2.35. The van der Waals surface area contributed by atoms with Crippen LogP contribution < -0.4 is 10.5 Å². The Morgan fingerprint density at radius 3 is 2.24 bits per heavy atom. The van der Waals surface area contributed by atoms with Crippen LogP contribution >= 0.6 is 0 Å². The van der Waals surface area contributed by atoms with E-state index in [4.69, 9.17) is 10.5 Å². The summed E-state index contributed by atoms with van der Waals surface area (Å²) in [4.78, 5) is 0. The molecule has 0 aliphatic heterocycles. The van der Waals surface area contributed by atoms with Crippen molar-refractivity contribution < 1.29 is 4.74 Å². The van der Waals surface area contributed by atoms with Gasteiger partial charge in [0.05, 0.1) is 7.11 Å². The lowest BCUT2D eigenvalue weighted by molar-refractivity contribution is 0.283. The summed E-state index contributed by atoms with van der Waals surface area (Å²) >= 11 is 0. The number of methoxy groups -OCH3 is 1. The normalized spacial score (nSPS) is 14.1. The SMILES string of the molecule is CCC(N)Cc1cc(C(C)(C)CC(C)(C)C)ccc1OC. The number of ether oxygens (including phenoxy) is 1. The molecule has 1 aromatic rings. The minimum Gasteiger partial charge on any atom is -0.496 e. The van der Waals surface area contributed by atoms with Crippen LogP contribution in [0.1, 0.15) is 65.5 Å². The van der Waals surface area contributed by atoms with Crippen LogP contribution in [0.4, 0.5) is 0 Å². The van der Waals surface area contributed by atoms with E-state index in [0.717, 1.165) is 25.0 Å². The second kappa shape index (κ2) is 6.83. The molecule has 21 heavy (non-hydrogen) atoms. The summed E-state index contributed by atoms with van der Waals surface area (Å²) in [5.74, 6) is 0.953. The van der Waals surface area contributed by atoms with E-state index in [1.54, 1.807) is 7.11 Å². The van der Waals surface area contributed by atoms with Crippen LogP contribution in [0.15, 0.2) is 18.2 Å². The molecule has 0 saturated heterocycles. The maximum atomic E-state index is 6.13. The van der Waals surface area contributed by atoms with Gasteiger partial charge in [0.15, 0.2) is 0 Å². The Kier molecular flexibility index (Phi) is 5.86. The maximum Gasteiger partial charge on any atom is 0.122 e. The first kappa shape index (κ1) is 18.0. The molecule has 2 N–H and O–H groups in total. The Labute approximate surface area is 131 Å². The molecule has 0 amide bonds. The standard InChI is InChI=1S/C19H33NO/c1-8-16(20)12-14-11-15(9-10-17(14)21-7)19(5,6)13-18(2,3)4/h9-11,16H,8,12-13,20H2,1-7H3. The van der Waals surface area contributed by atoms with Gasteiger partial charge in [0, 0.05) is 6.04 Å². The highest BCUT2D eigenvalue weighted by atomic mass is 16.5. The second-order valence-electron chi connectivity index (χ2n) is 8.02. The lowest BCUT2D eigenvalue weighted by Crippen LogP contribution is -2.26. The van der Waals surface area contributed by atoms with E-state index in [-0.39, 0.29) is 11.5 Å². The van der Waals surface area contributed by atoms with Crippen molar-refractivity contribution in [2.75, 3.05) is 7.11 Å². The second-order valence-corrected chi connectivity index (χ2v) is 8.02. The topological polar surface area (TPSA) is 35.2 Å². The maximum absolute atomic E-state index is 6.13. The molecule has 0 radical (unpaired) electrons. The number of rotatable bonds is 6. The Morgan fingerprint density at radius 1 is 1.14 bits per heavy atom. The van der Waals surface area contributed by atoms with E-state index in [1.165, 1.54) is 11.1 Å². The summed E-state index contributed by atoms with van der Waals surface area (Å²) in [5.41, 5.74) is 9.19. The van der Waals surface area contributed by atoms with Gasteiger partial charge in [0.25, 0.3) is 0 Å². The molecule has 0 spiro atoms. The fourth-order valence-electron chi connectivity index (χ4n) is 3.21. The molecular formula is C19H33NO. The van der Waals surface area contributed by atoms with Crippen LogP contribution in [0.5, 0.6) is 5.75 Å². The predicted molar refractivity (Wildman–Crippen MR) is 92.1 cm³/mol. The quantitative estimate of drug-likeness (QED) is 0.825. The molecule has 1 unspecified atom stereocenters. The van der Waals surface area contributed by atoms with Gasteiger partial charge in [0.1, 0.15) is 5.75 Å². The van der Waals surface area contributed by atoms with Gasteiger partial charge in [0.2, 0.25) is 0 Å². The van der Waals surface area contributed by atoms with Crippen molar-refractivity contribution in [3.05, 3.63) is 29.3 Å². The highest BCUT2D eigenvalue weighted by Crippen LogP contribution is 2.37. The summed E-state index contributed by atoms with van der Waals surface area (Å²) in [6.07, 6.45) is 3.00. The molecule has 0 aromatic heterocycles. The third-order valence-electron chi connectivity index (χ3n) is 4.04. The van der Waals surface area contributed by atoms with Crippen molar-refractivity contribution in [3.8, 4) is 5.75 Å². The first-order chi connectivity index (χ1) is 9.59. The van der Waals surface area contributed by atoms with Crippen LogP contribution in [0.25, 0.3) is 0 Å². The third-order valence-corrected chi connectivity index (χ3v) is 4.04. The summed E-state index contributed by atoms with van der Waals surface area (Å²) in [5, 5.41) is 0. The van der Waals surface area contributed by atoms with Gasteiger partial charge in [-0.05, 0) is 47.3 Å². The smallest absolute Gasteiger partial charge is 0.122 e. The van der Waals surface area contributed by atoms with E-state index < -0.39 is 0 Å². The summed E-state index contributed by atoms with van der Waals surface area (Å²) in [7, 11) is 1.73. The summed E-state index contributed by atoms with van der Waals surface area (Å²) < 4.78 is 5.50. The Morgan fingerprint density at radius 2 is 1.76 bits per heavy atom. The first-order valence-electron chi connectivity index (χ1n) is 8.02. The largest absolute Gasteiger partial charge is 0.496 e. The summed E-state index contributed by atoms with van der Waals surface area (Å²) in [6, 6.07) is 6.78. The average molecular weight is 291 g/mol. The Bertz CT molecular complexity index is 457. The van der Waals surface area contributed by atoms with Gasteiger partial charge < -0.3 is 10.5 Å². The fraction of sp³-hybridized carbons (Fsp3) is 0.684. The molecular weight excluding hydrogens is 258 g/mol. The fourth-order valence-corrected chi connectivity index (χ4v) is 3.21. The van der Waals surface area contributed by atoms with Crippen molar-refractivity contribution in [2.45, 2.75) is 72.3 Å². The monoisotopic (exact) mass is 291 g/mol. The minimum atomic E-state index is 0.148. The molecule has 0 fully saturated rings. The third kappa shape index (κ3) is 5.35. The van der Waals surface area contributed by atoms with Gasteiger partial charge in [-0.3, -0.25) is 0 Å². The van der Waals surface area contributed by atoms with Crippen molar-refractivity contribution in [2.24, 2.45) is 11.1 Å². The highest BCUT2D eigenvalue weighted by Gasteiger charge is 2.28. The molecule has 1 atom stereocenters. The van der Waals surface area contributed by atoms with E-state index in [1.807, 2.05) is 0 Å². The van der Waals surface area contributed by atoms with Crippen molar-refractivity contribution in [1.82, 2.24) is 0 Å². The molecule has 2 nitrogen and oxygen atoms in total. The molecule has 1 aromatic carbocycles. The lowest BCUT2D eigenvalue weighted by atomic mass is 9.72. The first-order valence-corrected chi connectivity index (χ1v) is 8.02. The Hall–Kier alpha value is -1.02. The summed E-state index contributed by atoms with van der Waals surface area (Å²) in [6.45, 7) is 13.7. The van der Waals surface area contributed by atoms with Gasteiger partial charge in [-0.1, -0.05) is 53.7 Å². The van der Waals surface area contributed by atoms with Crippen LogP contribution in [-0.4, -0.2) is 13.2 Å². The molecule has 0 aliphatic rings.